The molecule has 0 spiro atoms. The van der Waals surface area contributed by atoms with Crippen LogP contribution in [0.15, 0.2) is 18.3 Å². The molecule has 2 fully saturated rings. The van der Waals surface area contributed by atoms with E-state index in [-0.39, 0.29) is 17.7 Å². The highest BCUT2D eigenvalue weighted by Gasteiger charge is 2.29. The number of aromatic nitrogens is 1. The van der Waals surface area contributed by atoms with E-state index in [0.29, 0.717) is 24.1 Å². The van der Waals surface area contributed by atoms with Crippen molar-refractivity contribution in [2.24, 2.45) is 17.6 Å². The lowest BCUT2D eigenvalue weighted by Gasteiger charge is -2.37. The van der Waals surface area contributed by atoms with Gasteiger partial charge in [-0.3, -0.25) is 9.59 Å². The maximum absolute atomic E-state index is 12.6. The molecule has 0 aromatic carbocycles. The van der Waals surface area contributed by atoms with Crippen molar-refractivity contribution in [2.45, 2.75) is 45.6 Å². The van der Waals surface area contributed by atoms with Gasteiger partial charge >= 0.3 is 0 Å². The monoisotopic (exact) mass is 344 g/mol. The average Bonchev–Trinajstić information content (AvgIpc) is 2.62. The number of carbonyl (C=O) groups is 2. The lowest BCUT2D eigenvalue weighted by atomic mass is 9.93. The highest BCUT2D eigenvalue weighted by molar-refractivity contribution is 5.94. The van der Waals surface area contributed by atoms with Crippen LogP contribution in [0.4, 0.5) is 5.82 Å². The largest absolute Gasteiger partial charge is 0.369 e. The molecular formula is C19H28N4O2. The molecule has 2 aliphatic rings. The van der Waals surface area contributed by atoms with E-state index in [1.54, 1.807) is 6.20 Å². The molecule has 0 saturated carbocycles. The third kappa shape index (κ3) is 3.94. The number of nitrogens with zero attached hydrogens (tertiary/aromatic N) is 3. The molecule has 3 heterocycles. The van der Waals surface area contributed by atoms with Crippen LogP contribution in [0.2, 0.25) is 0 Å². The van der Waals surface area contributed by atoms with Crippen LogP contribution in [0.5, 0.6) is 0 Å². The summed E-state index contributed by atoms with van der Waals surface area (Å²) in [4.78, 5) is 32.7. The van der Waals surface area contributed by atoms with Crippen LogP contribution in [-0.2, 0) is 4.79 Å². The SMILES string of the molecule is CC1CCN(C(=O)c2ccc(N3C[C@@H](C(N)=O)CC[C@H]3C)nc2)CC1. The van der Waals surface area contributed by atoms with E-state index in [2.05, 4.69) is 23.7 Å². The summed E-state index contributed by atoms with van der Waals surface area (Å²) in [5.41, 5.74) is 6.11. The predicted octanol–water partition coefficient (Wildman–Crippen LogP) is 2.04. The summed E-state index contributed by atoms with van der Waals surface area (Å²) < 4.78 is 0. The number of rotatable bonds is 3. The Balaban J connectivity index is 1.69. The summed E-state index contributed by atoms with van der Waals surface area (Å²) in [5, 5.41) is 0. The molecule has 2 aliphatic heterocycles. The van der Waals surface area contributed by atoms with Crippen LogP contribution >= 0.6 is 0 Å². The van der Waals surface area contributed by atoms with Crippen molar-refractivity contribution in [3.8, 4) is 0 Å². The number of anilines is 1. The molecule has 6 nitrogen and oxygen atoms in total. The van der Waals surface area contributed by atoms with E-state index in [1.165, 1.54) is 0 Å². The van der Waals surface area contributed by atoms with Crippen molar-refractivity contribution >= 4 is 17.6 Å². The maximum atomic E-state index is 12.6. The minimum Gasteiger partial charge on any atom is -0.369 e. The summed E-state index contributed by atoms with van der Waals surface area (Å²) in [6.45, 7) is 6.61. The normalized spacial score (nSPS) is 25.0. The summed E-state index contributed by atoms with van der Waals surface area (Å²) >= 11 is 0. The van der Waals surface area contributed by atoms with Gasteiger partial charge in [0.25, 0.3) is 5.91 Å². The third-order valence-corrected chi connectivity index (χ3v) is 5.64. The van der Waals surface area contributed by atoms with Crippen LogP contribution < -0.4 is 10.6 Å². The Morgan fingerprint density at radius 1 is 1.12 bits per heavy atom. The quantitative estimate of drug-likeness (QED) is 0.910. The van der Waals surface area contributed by atoms with E-state index in [9.17, 15) is 9.59 Å². The number of hydrogen-bond donors (Lipinski definition) is 1. The van der Waals surface area contributed by atoms with Gasteiger partial charge in [-0.1, -0.05) is 6.92 Å². The number of hydrogen-bond acceptors (Lipinski definition) is 4. The second-order valence-corrected chi connectivity index (χ2v) is 7.56. The topological polar surface area (TPSA) is 79.5 Å². The second kappa shape index (κ2) is 7.42. The predicted molar refractivity (Wildman–Crippen MR) is 97.3 cm³/mol. The molecule has 2 N–H and O–H groups in total. The number of carbonyl (C=O) groups excluding carboxylic acids is 2. The second-order valence-electron chi connectivity index (χ2n) is 7.56. The molecule has 25 heavy (non-hydrogen) atoms. The van der Waals surface area contributed by atoms with Crippen LogP contribution in [-0.4, -0.2) is 47.4 Å². The van der Waals surface area contributed by atoms with Gasteiger partial charge in [-0.2, -0.15) is 0 Å². The Labute approximate surface area is 149 Å². The molecule has 0 aliphatic carbocycles. The average molecular weight is 344 g/mol. The summed E-state index contributed by atoms with van der Waals surface area (Å²) in [6, 6.07) is 4.05. The van der Waals surface area contributed by atoms with E-state index < -0.39 is 0 Å². The van der Waals surface area contributed by atoms with Crippen molar-refractivity contribution in [1.29, 1.82) is 0 Å². The molecule has 1 aromatic heterocycles. The minimum atomic E-state index is -0.247. The molecule has 2 saturated heterocycles. The van der Waals surface area contributed by atoms with Crippen molar-refractivity contribution in [2.75, 3.05) is 24.5 Å². The van der Waals surface area contributed by atoms with E-state index >= 15 is 0 Å². The summed E-state index contributed by atoms with van der Waals surface area (Å²) in [7, 11) is 0. The van der Waals surface area contributed by atoms with Crippen LogP contribution in [0.1, 0.15) is 49.9 Å². The molecule has 6 heteroatoms. The third-order valence-electron chi connectivity index (χ3n) is 5.64. The first-order valence-electron chi connectivity index (χ1n) is 9.27. The highest BCUT2D eigenvalue weighted by atomic mass is 16.2. The van der Waals surface area contributed by atoms with Gasteiger partial charge < -0.3 is 15.5 Å². The highest BCUT2D eigenvalue weighted by Crippen LogP contribution is 2.26. The number of primary amides is 1. The first-order chi connectivity index (χ1) is 12.0. The fourth-order valence-electron chi connectivity index (χ4n) is 3.74. The lowest BCUT2D eigenvalue weighted by Crippen LogP contribution is -2.46. The van der Waals surface area contributed by atoms with Crippen LogP contribution in [0.3, 0.4) is 0 Å². The molecule has 0 bridgehead atoms. The van der Waals surface area contributed by atoms with E-state index in [1.807, 2.05) is 17.0 Å². The number of amides is 2. The van der Waals surface area contributed by atoms with Gasteiger partial charge in [0, 0.05) is 31.9 Å². The van der Waals surface area contributed by atoms with Gasteiger partial charge in [0.1, 0.15) is 5.82 Å². The number of piperidine rings is 2. The van der Waals surface area contributed by atoms with Crippen molar-refractivity contribution in [1.82, 2.24) is 9.88 Å². The zero-order valence-electron chi connectivity index (χ0n) is 15.1. The Morgan fingerprint density at radius 3 is 2.44 bits per heavy atom. The maximum Gasteiger partial charge on any atom is 0.255 e. The Hall–Kier alpha value is -2.11. The lowest BCUT2D eigenvalue weighted by molar-refractivity contribution is -0.122. The number of likely N-dealkylation sites (tertiary alicyclic amines) is 1. The van der Waals surface area contributed by atoms with Crippen LogP contribution in [0, 0.1) is 11.8 Å². The molecular weight excluding hydrogens is 316 g/mol. The molecule has 136 valence electrons. The Morgan fingerprint density at radius 2 is 1.84 bits per heavy atom. The zero-order valence-corrected chi connectivity index (χ0v) is 15.1. The first kappa shape index (κ1) is 17.7. The van der Waals surface area contributed by atoms with Crippen molar-refractivity contribution in [3.63, 3.8) is 0 Å². The van der Waals surface area contributed by atoms with Crippen LogP contribution in [0.25, 0.3) is 0 Å². The van der Waals surface area contributed by atoms with E-state index in [4.69, 9.17) is 5.73 Å². The van der Waals surface area contributed by atoms with Crippen molar-refractivity contribution in [3.05, 3.63) is 23.9 Å². The summed E-state index contributed by atoms with van der Waals surface area (Å²) in [5.74, 6) is 1.19. The van der Waals surface area contributed by atoms with Gasteiger partial charge in [0.15, 0.2) is 0 Å². The Bertz CT molecular complexity index is 623. The van der Waals surface area contributed by atoms with Gasteiger partial charge in [-0.15, -0.1) is 0 Å². The molecule has 3 rings (SSSR count). The molecule has 1 aromatic rings. The molecule has 2 atom stereocenters. The summed E-state index contributed by atoms with van der Waals surface area (Å²) in [6.07, 6.45) is 5.54. The van der Waals surface area contributed by atoms with Gasteiger partial charge in [-0.25, -0.2) is 4.98 Å². The fraction of sp³-hybridized carbons (Fsp3) is 0.632. The number of pyridine rings is 1. The smallest absolute Gasteiger partial charge is 0.255 e. The minimum absolute atomic E-state index is 0.0626. The van der Waals surface area contributed by atoms with Crippen molar-refractivity contribution < 1.29 is 9.59 Å². The van der Waals surface area contributed by atoms with Gasteiger partial charge in [0.2, 0.25) is 5.91 Å². The number of nitrogens with two attached hydrogens (primary N) is 1. The van der Waals surface area contributed by atoms with Gasteiger partial charge in [0.05, 0.1) is 11.5 Å². The molecule has 0 unspecified atom stereocenters. The zero-order chi connectivity index (χ0) is 18.0. The van der Waals surface area contributed by atoms with Gasteiger partial charge in [-0.05, 0) is 50.7 Å². The molecule has 0 radical (unpaired) electrons. The van der Waals surface area contributed by atoms with E-state index in [0.717, 1.165) is 44.6 Å². The Kier molecular flexibility index (Phi) is 5.25. The first-order valence-corrected chi connectivity index (χ1v) is 9.27. The standard InChI is InChI=1S/C19H28N4O2/c1-13-7-9-22(10-8-13)19(25)15-5-6-17(21-11-15)23-12-16(18(20)24)4-3-14(23)2/h5-6,11,13-14,16H,3-4,7-10,12H2,1-2H3,(H2,20,24)/t14-,16+/m1/s1. The fourth-order valence-corrected chi connectivity index (χ4v) is 3.74. The molecule has 2 amide bonds.